The van der Waals surface area contributed by atoms with Crippen LogP contribution in [0.15, 0.2) is 28.4 Å². The monoisotopic (exact) mass is 241 g/mol. The molecule has 2 aromatic rings. The topological polar surface area (TPSA) is 38.7 Å². The molecule has 2 heterocycles. The highest BCUT2D eigenvalue weighted by atomic mass is 79.9. The summed E-state index contributed by atoms with van der Waals surface area (Å²) in [6, 6.07) is 3.77. The molecule has 0 amide bonds. The van der Waals surface area contributed by atoms with E-state index in [1.807, 2.05) is 12.1 Å². The van der Waals surface area contributed by atoms with E-state index >= 15 is 0 Å². The van der Waals surface area contributed by atoms with Crippen LogP contribution in [0.4, 0.5) is 0 Å². The Morgan fingerprint density at radius 1 is 1.25 bits per heavy atom. The third-order valence-electron chi connectivity index (χ3n) is 1.34. The van der Waals surface area contributed by atoms with Gasteiger partial charge in [0.25, 0.3) is 0 Å². The summed E-state index contributed by atoms with van der Waals surface area (Å²) >= 11 is 4.59. The third-order valence-corrected chi connectivity index (χ3v) is 2.46. The van der Waals surface area contributed by atoms with E-state index in [1.165, 1.54) is 11.5 Å². The Morgan fingerprint density at radius 3 is 2.58 bits per heavy atom. The van der Waals surface area contributed by atoms with E-state index in [0.29, 0.717) is 0 Å². The van der Waals surface area contributed by atoms with Crippen molar-refractivity contribution in [2.75, 3.05) is 0 Å². The predicted octanol–water partition coefficient (Wildman–Crippen LogP) is 2.36. The zero-order chi connectivity index (χ0) is 8.39. The molecule has 2 rings (SSSR count). The summed E-state index contributed by atoms with van der Waals surface area (Å²) in [5, 5.41) is 0. The fourth-order valence-corrected chi connectivity index (χ4v) is 1.64. The number of hydrogen-bond donors (Lipinski definition) is 0. The van der Waals surface area contributed by atoms with Crippen molar-refractivity contribution in [2.45, 2.75) is 0 Å². The van der Waals surface area contributed by atoms with Crippen LogP contribution in [0.1, 0.15) is 0 Å². The van der Waals surface area contributed by atoms with Gasteiger partial charge in [-0.05, 0) is 39.6 Å². The maximum atomic E-state index is 4.18. The van der Waals surface area contributed by atoms with E-state index in [0.717, 1.165) is 15.3 Å². The highest BCUT2D eigenvalue weighted by Gasteiger charge is 2.02. The molecule has 0 aromatic carbocycles. The Bertz CT molecular complexity index is 373. The molecule has 3 nitrogen and oxygen atoms in total. The molecule has 0 aliphatic carbocycles. The average molecular weight is 242 g/mol. The smallest absolute Gasteiger partial charge is 0.179 e. The molecule has 2 aromatic heterocycles. The van der Waals surface area contributed by atoms with Crippen LogP contribution < -0.4 is 0 Å². The lowest BCUT2D eigenvalue weighted by Crippen LogP contribution is -1.79. The van der Waals surface area contributed by atoms with Crippen molar-refractivity contribution in [1.29, 1.82) is 0 Å². The van der Waals surface area contributed by atoms with Crippen molar-refractivity contribution in [2.24, 2.45) is 0 Å². The number of rotatable bonds is 1. The zero-order valence-electron chi connectivity index (χ0n) is 5.94. The first kappa shape index (κ1) is 7.82. The Labute approximate surface area is 81.8 Å². The molecule has 0 radical (unpaired) electrons. The van der Waals surface area contributed by atoms with Gasteiger partial charge in [-0.2, -0.15) is 4.37 Å². The molecule has 0 saturated carbocycles. The highest BCUT2D eigenvalue weighted by Crippen LogP contribution is 2.19. The Kier molecular flexibility index (Phi) is 2.14. The van der Waals surface area contributed by atoms with Crippen molar-refractivity contribution in [3.63, 3.8) is 0 Å². The minimum Gasteiger partial charge on any atom is -0.265 e. The van der Waals surface area contributed by atoms with Crippen molar-refractivity contribution in [1.82, 2.24) is 14.3 Å². The first-order valence-corrected chi connectivity index (χ1v) is 4.82. The maximum absolute atomic E-state index is 4.18. The summed E-state index contributed by atoms with van der Waals surface area (Å²) in [4.78, 5) is 8.09. The fourth-order valence-electron chi connectivity index (χ4n) is 0.823. The summed E-state index contributed by atoms with van der Waals surface area (Å²) < 4.78 is 4.94. The SMILES string of the molecule is Brc1nc(-c2ccncc2)ns1. The van der Waals surface area contributed by atoms with Crippen LogP contribution >= 0.6 is 27.5 Å². The number of pyridine rings is 1. The first-order valence-electron chi connectivity index (χ1n) is 3.26. The van der Waals surface area contributed by atoms with Gasteiger partial charge in [0.15, 0.2) is 9.74 Å². The average Bonchev–Trinajstić information content (AvgIpc) is 2.54. The van der Waals surface area contributed by atoms with Gasteiger partial charge in [0, 0.05) is 18.0 Å². The van der Waals surface area contributed by atoms with E-state index in [1.54, 1.807) is 12.4 Å². The van der Waals surface area contributed by atoms with Gasteiger partial charge in [-0.25, -0.2) is 4.98 Å². The number of halogens is 1. The largest absolute Gasteiger partial charge is 0.265 e. The normalized spacial score (nSPS) is 10.1. The van der Waals surface area contributed by atoms with Gasteiger partial charge in [-0.1, -0.05) is 0 Å². The molecule has 0 unspecified atom stereocenters. The van der Waals surface area contributed by atoms with Crippen LogP contribution in [0, 0.1) is 0 Å². The Hall–Kier alpha value is -0.810. The molecular weight excluding hydrogens is 238 g/mol. The van der Waals surface area contributed by atoms with Gasteiger partial charge in [-0.15, -0.1) is 0 Å². The van der Waals surface area contributed by atoms with Crippen molar-refractivity contribution >= 4 is 27.5 Å². The first-order chi connectivity index (χ1) is 5.86. The second kappa shape index (κ2) is 3.28. The molecule has 0 fully saturated rings. The third kappa shape index (κ3) is 1.51. The van der Waals surface area contributed by atoms with Gasteiger partial charge >= 0.3 is 0 Å². The molecule has 0 aliphatic heterocycles. The predicted molar refractivity (Wildman–Crippen MR) is 50.8 cm³/mol. The molecule has 12 heavy (non-hydrogen) atoms. The number of hydrogen-bond acceptors (Lipinski definition) is 4. The number of nitrogens with zero attached hydrogens (tertiary/aromatic N) is 3. The lowest BCUT2D eigenvalue weighted by molar-refractivity contribution is 1.27. The summed E-state index contributed by atoms with van der Waals surface area (Å²) in [5.74, 6) is 0.745. The molecular formula is C7H4BrN3S. The summed E-state index contributed by atoms with van der Waals surface area (Å²) in [7, 11) is 0. The van der Waals surface area contributed by atoms with E-state index in [-0.39, 0.29) is 0 Å². The molecule has 0 N–H and O–H groups in total. The molecule has 0 aliphatic rings. The lowest BCUT2D eigenvalue weighted by atomic mass is 10.3. The zero-order valence-corrected chi connectivity index (χ0v) is 8.34. The van der Waals surface area contributed by atoms with Gasteiger partial charge in [0.05, 0.1) is 0 Å². The second-order valence-electron chi connectivity index (χ2n) is 2.11. The molecule has 0 saturated heterocycles. The molecule has 60 valence electrons. The standard InChI is InChI=1S/C7H4BrN3S/c8-7-10-6(11-12-7)5-1-3-9-4-2-5/h1-4H. The van der Waals surface area contributed by atoms with Crippen LogP contribution in [0.5, 0.6) is 0 Å². The quantitative estimate of drug-likeness (QED) is 0.770. The summed E-state index contributed by atoms with van der Waals surface area (Å²) in [6.45, 7) is 0. The second-order valence-corrected chi connectivity index (χ2v) is 4.13. The fraction of sp³-hybridized carbons (Fsp3) is 0. The van der Waals surface area contributed by atoms with E-state index in [9.17, 15) is 0 Å². The van der Waals surface area contributed by atoms with Gasteiger partial charge < -0.3 is 0 Å². The highest BCUT2D eigenvalue weighted by molar-refractivity contribution is 9.11. The van der Waals surface area contributed by atoms with Gasteiger partial charge in [0.1, 0.15) is 0 Å². The maximum Gasteiger partial charge on any atom is 0.179 e. The molecule has 0 spiro atoms. The van der Waals surface area contributed by atoms with Crippen LogP contribution in [-0.2, 0) is 0 Å². The molecule has 5 heteroatoms. The summed E-state index contributed by atoms with van der Waals surface area (Å²) in [6.07, 6.45) is 3.45. The van der Waals surface area contributed by atoms with Crippen molar-refractivity contribution < 1.29 is 0 Å². The van der Waals surface area contributed by atoms with E-state index < -0.39 is 0 Å². The van der Waals surface area contributed by atoms with Crippen molar-refractivity contribution in [3.05, 3.63) is 28.4 Å². The van der Waals surface area contributed by atoms with E-state index in [2.05, 4.69) is 30.3 Å². The summed E-state index contributed by atoms with van der Waals surface area (Å²) in [5.41, 5.74) is 0.993. The van der Waals surface area contributed by atoms with E-state index in [4.69, 9.17) is 0 Å². The van der Waals surface area contributed by atoms with Gasteiger partial charge in [0.2, 0.25) is 0 Å². The molecule has 0 atom stereocenters. The molecule has 0 bridgehead atoms. The van der Waals surface area contributed by atoms with Crippen LogP contribution in [0.25, 0.3) is 11.4 Å². The minimum atomic E-state index is 0.745. The minimum absolute atomic E-state index is 0.745. The Morgan fingerprint density at radius 2 is 2.00 bits per heavy atom. The lowest BCUT2D eigenvalue weighted by Gasteiger charge is -1.90. The Balaban J connectivity index is 2.45. The number of aromatic nitrogens is 3. The van der Waals surface area contributed by atoms with Gasteiger partial charge in [-0.3, -0.25) is 4.98 Å². The van der Waals surface area contributed by atoms with Crippen LogP contribution in [0.2, 0.25) is 0 Å². The van der Waals surface area contributed by atoms with Crippen LogP contribution in [-0.4, -0.2) is 14.3 Å². The van der Waals surface area contributed by atoms with Crippen molar-refractivity contribution in [3.8, 4) is 11.4 Å². The van der Waals surface area contributed by atoms with Crippen LogP contribution in [0.3, 0.4) is 0 Å².